The number of aryl methyl sites for hydroxylation is 1. The molecule has 202 valence electrons. The molecule has 0 unspecified atom stereocenters. The Hall–Kier alpha value is -4.28. The Morgan fingerprint density at radius 3 is 2.65 bits per heavy atom. The Bertz CT molecular complexity index is 1790. The van der Waals surface area contributed by atoms with Gasteiger partial charge in [0.15, 0.2) is 5.13 Å². The minimum absolute atomic E-state index is 0.145. The van der Waals surface area contributed by atoms with E-state index in [-0.39, 0.29) is 17.3 Å². The van der Waals surface area contributed by atoms with Crippen molar-refractivity contribution < 1.29 is 17.9 Å². The average Bonchev–Trinajstić information content (AvgIpc) is 3.43. The van der Waals surface area contributed by atoms with Gasteiger partial charge in [0.05, 0.1) is 34.5 Å². The Labute approximate surface area is 236 Å². The number of ether oxygens (including phenoxy) is 1. The summed E-state index contributed by atoms with van der Waals surface area (Å²) >= 11 is 1.40. The molecule has 0 saturated heterocycles. The van der Waals surface area contributed by atoms with E-state index in [2.05, 4.69) is 4.98 Å². The fourth-order valence-electron chi connectivity index (χ4n) is 4.84. The number of methoxy groups -OCH3 is 1. The molecule has 6 rings (SSSR count). The fraction of sp³-hybridized carbons (Fsp3) is 0.167. The van der Waals surface area contributed by atoms with Gasteiger partial charge in [-0.3, -0.25) is 19.0 Å². The maximum Gasteiger partial charge on any atom is 0.264 e. The van der Waals surface area contributed by atoms with Gasteiger partial charge in [0.25, 0.3) is 15.9 Å². The molecule has 10 heteroatoms. The van der Waals surface area contributed by atoms with Crippen LogP contribution >= 0.6 is 11.3 Å². The van der Waals surface area contributed by atoms with Crippen LogP contribution in [0.1, 0.15) is 27.9 Å². The third-order valence-corrected chi connectivity index (χ3v) is 9.77. The molecule has 5 aromatic rings. The maximum absolute atomic E-state index is 13.9. The summed E-state index contributed by atoms with van der Waals surface area (Å²) in [5.41, 5.74) is 3.66. The number of hydrogen-bond acceptors (Lipinski definition) is 7. The molecule has 3 aromatic carbocycles. The molecule has 1 aliphatic heterocycles. The minimum atomic E-state index is -3.78. The van der Waals surface area contributed by atoms with Crippen LogP contribution in [0.4, 0.5) is 10.8 Å². The number of benzene rings is 3. The monoisotopic (exact) mass is 570 g/mol. The lowest BCUT2D eigenvalue weighted by Crippen LogP contribution is -2.35. The van der Waals surface area contributed by atoms with Crippen molar-refractivity contribution in [2.24, 2.45) is 0 Å². The predicted octanol–water partition coefficient (Wildman–Crippen LogP) is 5.69. The van der Waals surface area contributed by atoms with Crippen molar-refractivity contribution in [1.29, 1.82) is 0 Å². The molecule has 8 nitrogen and oxygen atoms in total. The van der Waals surface area contributed by atoms with Crippen molar-refractivity contribution >= 4 is 48.3 Å². The van der Waals surface area contributed by atoms with Crippen molar-refractivity contribution in [3.05, 3.63) is 108 Å². The molecule has 0 atom stereocenters. The number of hydrogen-bond donors (Lipinski definition) is 0. The molecule has 1 amide bonds. The maximum atomic E-state index is 13.9. The Kier molecular flexibility index (Phi) is 6.95. The van der Waals surface area contributed by atoms with E-state index in [1.165, 1.54) is 27.8 Å². The van der Waals surface area contributed by atoms with Crippen LogP contribution in [0.2, 0.25) is 0 Å². The zero-order chi connectivity index (χ0) is 27.7. The van der Waals surface area contributed by atoms with Crippen LogP contribution in [0.15, 0.2) is 96.2 Å². The summed E-state index contributed by atoms with van der Waals surface area (Å²) < 4.78 is 34.9. The van der Waals surface area contributed by atoms with E-state index in [0.29, 0.717) is 28.7 Å². The number of rotatable bonds is 7. The Morgan fingerprint density at radius 1 is 1.05 bits per heavy atom. The molecule has 0 saturated carbocycles. The van der Waals surface area contributed by atoms with Crippen LogP contribution in [0, 0.1) is 0 Å². The number of anilines is 2. The van der Waals surface area contributed by atoms with E-state index in [1.807, 2.05) is 54.6 Å². The number of nitrogens with zero attached hydrogens (tertiary/aromatic N) is 4. The summed E-state index contributed by atoms with van der Waals surface area (Å²) in [4.78, 5) is 24.5. The van der Waals surface area contributed by atoms with Crippen molar-refractivity contribution in [1.82, 2.24) is 9.97 Å². The van der Waals surface area contributed by atoms with Crippen LogP contribution < -0.4 is 13.9 Å². The number of pyridine rings is 1. The van der Waals surface area contributed by atoms with Gasteiger partial charge in [-0.15, -0.1) is 0 Å². The average molecular weight is 571 g/mol. The fourth-order valence-corrected chi connectivity index (χ4v) is 7.32. The normalized spacial score (nSPS) is 13.2. The van der Waals surface area contributed by atoms with Gasteiger partial charge in [0, 0.05) is 30.6 Å². The van der Waals surface area contributed by atoms with E-state index in [1.54, 1.807) is 36.5 Å². The first-order valence-corrected chi connectivity index (χ1v) is 15.1. The molecule has 0 spiro atoms. The smallest absolute Gasteiger partial charge is 0.264 e. The SMILES string of the molecule is COc1ccc2sc(N(Cc3cccnc3)C(=O)c3ccc(S(=O)(=O)N4CCCc5ccccc54)cc3)nc2c1. The number of thiazole rings is 1. The van der Waals surface area contributed by atoms with Gasteiger partial charge >= 0.3 is 0 Å². The highest BCUT2D eigenvalue weighted by Gasteiger charge is 2.29. The van der Waals surface area contributed by atoms with Gasteiger partial charge in [-0.25, -0.2) is 13.4 Å². The Balaban J connectivity index is 1.33. The molecule has 0 fully saturated rings. The molecule has 0 aliphatic carbocycles. The minimum Gasteiger partial charge on any atom is -0.497 e. The van der Waals surface area contributed by atoms with Gasteiger partial charge in [0.2, 0.25) is 0 Å². The predicted molar refractivity (Wildman–Crippen MR) is 157 cm³/mol. The molecular formula is C30H26N4O4S2. The number of fused-ring (bicyclic) bond motifs is 2. The van der Waals surface area contributed by atoms with Crippen LogP contribution in [0.25, 0.3) is 10.2 Å². The zero-order valence-corrected chi connectivity index (χ0v) is 23.4. The van der Waals surface area contributed by atoms with E-state index in [0.717, 1.165) is 34.2 Å². The van der Waals surface area contributed by atoms with Gasteiger partial charge in [-0.2, -0.15) is 0 Å². The highest BCUT2D eigenvalue weighted by Crippen LogP contribution is 2.34. The van der Waals surface area contributed by atoms with Crippen LogP contribution in [-0.4, -0.2) is 37.9 Å². The van der Waals surface area contributed by atoms with Crippen molar-refractivity contribution in [3.63, 3.8) is 0 Å². The summed E-state index contributed by atoms with van der Waals surface area (Å²) in [6, 6.07) is 23.1. The number of carbonyl (C=O) groups excluding carboxylic acids is 1. The summed E-state index contributed by atoms with van der Waals surface area (Å²) in [5, 5.41) is 0.527. The molecule has 3 heterocycles. The second-order valence-electron chi connectivity index (χ2n) is 9.42. The number of para-hydroxylation sites is 1. The third kappa shape index (κ3) is 4.91. The number of carbonyl (C=O) groups is 1. The zero-order valence-electron chi connectivity index (χ0n) is 21.7. The number of sulfonamides is 1. The van der Waals surface area contributed by atoms with Crippen molar-refractivity contribution in [2.75, 3.05) is 22.9 Å². The standard InChI is InChI=1S/C30H26N4O4S2/c1-38-24-12-15-28-26(18-24)32-30(39-28)33(20-21-6-4-16-31-19-21)29(35)23-10-13-25(14-11-23)40(36,37)34-17-5-8-22-7-2-3-9-27(22)34/h2-4,6-7,9-16,18-19H,5,8,17,20H2,1H3. The van der Waals surface area contributed by atoms with E-state index < -0.39 is 10.0 Å². The van der Waals surface area contributed by atoms with Gasteiger partial charge in [-0.05, 0) is 72.5 Å². The van der Waals surface area contributed by atoms with Crippen LogP contribution in [0.5, 0.6) is 5.75 Å². The van der Waals surface area contributed by atoms with Gasteiger partial charge < -0.3 is 4.74 Å². The second-order valence-corrected chi connectivity index (χ2v) is 12.3. The Morgan fingerprint density at radius 2 is 1.88 bits per heavy atom. The quantitative estimate of drug-likeness (QED) is 0.250. The molecule has 0 bridgehead atoms. The molecule has 40 heavy (non-hydrogen) atoms. The summed E-state index contributed by atoms with van der Waals surface area (Å²) in [6.07, 6.45) is 4.99. The van der Waals surface area contributed by atoms with E-state index in [4.69, 9.17) is 9.72 Å². The molecular weight excluding hydrogens is 544 g/mol. The van der Waals surface area contributed by atoms with Crippen LogP contribution in [0.3, 0.4) is 0 Å². The molecule has 0 N–H and O–H groups in total. The van der Waals surface area contributed by atoms with Crippen molar-refractivity contribution in [2.45, 2.75) is 24.3 Å². The van der Waals surface area contributed by atoms with E-state index >= 15 is 0 Å². The lowest BCUT2D eigenvalue weighted by atomic mass is 10.0. The molecule has 2 aromatic heterocycles. The number of aromatic nitrogens is 2. The highest BCUT2D eigenvalue weighted by atomic mass is 32.2. The highest BCUT2D eigenvalue weighted by molar-refractivity contribution is 7.92. The van der Waals surface area contributed by atoms with Crippen LogP contribution in [-0.2, 0) is 23.0 Å². The topological polar surface area (TPSA) is 92.7 Å². The third-order valence-electron chi connectivity index (χ3n) is 6.88. The molecule has 1 aliphatic rings. The molecule has 0 radical (unpaired) electrons. The first kappa shape index (κ1) is 26.0. The van der Waals surface area contributed by atoms with Gasteiger partial charge in [-0.1, -0.05) is 35.6 Å². The first-order valence-electron chi connectivity index (χ1n) is 12.8. The first-order chi connectivity index (χ1) is 19.4. The lowest BCUT2D eigenvalue weighted by Gasteiger charge is -2.30. The van der Waals surface area contributed by atoms with E-state index in [9.17, 15) is 13.2 Å². The summed E-state index contributed by atoms with van der Waals surface area (Å²) in [6.45, 7) is 0.676. The second kappa shape index (κ2) is 10.7. The summed E-state index contributed by atoms with van der Waals surface area (Å²) in [5.74, 6) is 0.393. The lowest BCUT2D eigenvalue weighted by molar-refractivity contribution is 0.0985. The van der Waals surface area contributed by atoms with Crippen molar-refractivity contribution in [3.8, 4) is 5.75 Å². The number of amides is 1. The largest absolute Gasteiger partial charge is 0.497 e. The van der Waals surface area contributed by atoms with Gasteiger partial charge in [0.1, 0.15) is 5.75 Å². The summed E-state index contributed by atoms with van der Waals surface area (Å²) in [7, 11) is -2.19.